The van der Waals surface area contributed by atoms with Gasteiger partial charge in [-0.3, -0.25) is 0 Å². The van der Waals surface area contributed by atoms with Crippen LogP contribution in [0.5, 0.6) is 0 Å². The predicted molar refractivity (Wildman–Crippen MR) is 85.8 cm³/mol. The lowest BCUT2D eigenvalue weighted by Gasteiger charge is -2.34. The van der Waals surface area contributed by atoms with Crippen LogP contribution in [0, 0.1) is 0 Å². The normalized spacial score (nSPS) is 20.1. The van der Waals surface area contributed by atoms with E-state index in [0.717, 1.165) is 26.2 Å². The molecule has 20 heavy (non-hydrogen) atoms. The highest BCUT2D eigenvalue weighted by Crippen LogP contribution is 2.24. The topological polar surface area (TPSA) is 18.5 Å². The van der Waals surface area contributed by atoms with Crippen molar-refractivity contribution in [1.82, 2.24) is 15.3 Å². The highest BCUT2D eigenvalue weighted by molar-refractivity contribution is 5.28. The fourth-order valence-corrected chi connectivity index (χ4v) is 2.56. The minimum absolute atomic E-state index is 0.229. The van der Waals surface area contributed by atoms with Crippen LogP contribution in [-0.2, 0) is 5.41 Å². The molecule has 1 unspecified atom stereocenters. The summed E-state index contributed by atoms with van der Waals surface area (Å²) in [6.07, 6.45) is 0. The van der Waals surface area contributed by atoms with Gasteiger partial charge in [0.1, 0.15) is 0 Å². The quantitative estimate of drug-likeness (QED) is 0.915. The smallest absolute Gasteiger partial charge is 0.0436 e. The Labute approximate surface area is 123 Å². The molecule has 0 aromatic heterocycles. The molecule has 3 nitrogen and oxygen atoms in total. The Morgan fingerprint density at radius 1 is 1.00 bits per heavy atom. The van der Waals surface area contributed by atoms with Gasteiger partial charge in [0.15, 0.2) is 0 Å². The van der Waals surface area contributed by atoms with E-state index in [9.17, 15) is 0 Å². The van der Waals surface area contributed by atoms with Crippen LogP contribution in [0.25, 0.3) is 0 Å². The number of benzene rings is 1. The number of nitrogens with zero attached hydrogens (tertiary/aromatic N) is 2. The van der Waals surface area contributed by atoms with Crippen LogP contribution < -0.4 is 5.43 Å². The molecule has 112 valence electrons. The van der Waals surface area contributed by atoms with Gasteiger partial charge in [-0.1, -0.05) is 45.0 Å². The van der Waals surface area contributed by atoms with E-state index in [0.29, 0.717) is 6.04 Å². The molecule has 0 amide bonds. The average Bonchev–Trinajstić information content (AvgIpc) is 2.40. The number of hydrazine groups is 1. The van der Waals surface area contributed by atoms with Crippen molar-refractivity contribution in [2.24, 2.45) is 0 Å². The van der Waals surface area contributed by atoms with Gasteiger partial charge in [0.05, 0.1) is 0 Å². The Bertz CT molecular complexity index is 411. The zero-order valence-corrected chi connectivity index (χ0v) is 13.6. The zero-order chi connectivity index (χ0) is 14.8. The van der Waals surface area contributed by atoms with Gasteiger partial charge in [0, 0.05) is 32.2 Å². The minimum Gasteiger partial charge on any atom is -0.304 e. The Balaban J connectivity index is 1.94. The van der Waals surface area contributed by atoms with Gasteiger partial charge in [-0.25, -0.2) is 10.4 Å². The molecule has 0 saturated carbocycles. The molecule has 2 rings (SSSR count). The summed E-state index contributed by atoms with van der Waals surface area (Å²) in [5.41, 5.74) is 6.60. The average molecular weight is 275 g/mol. The molecule has 1 aliphatic rings. The van der Waals surface area contributed by atoms with E-state index in [1.807, 2.05) is 0 Å². The SMILES string of the molecule is CC(NN1CCN(C)CC1)c1ccc(C(C)(C)C)cc1. The zero-order valence-electron chi connectivity index (χ0n) is 13.6. The van der Waals surface area contributed by atoms with Crippen LogP contribution in [0.2, 0.25) is 0 Å². The van der Waals surface area contributed by atoms with E-state index in [2.05, 4.69) is 74.3 Å². The molecule has 3 heteroatoms. The standard InChI is InChI=1S/C17H29N3/c1-14(18-20-12-10-19(5)11-13-20)15-6-8-16(9-7-15)17(2,3)4/h6-9,14,18H,10-13H2,1-5H3. The second-order valence-electron chi connectivity index (χ2n) is 7.01. The predicted octanol–water partition coefficient (Wildman–Crippen LogP) is 2.80. The summed E-state index contributed by atoms with van der Waals surface area (Å²) < 4.78 is 0. The van der Waals surface area contributed by atoms with Gasteiger partial charge in [-0.2, -0.15) is 0 Å². The van der Waals surface area contributed by atoms with Crippen LogP contribution in [0.3, 0.4) is 0 Å². The van der Waals surface area contributed by atoms with Gasteiger partial charge < -0.3 is 4.90 Å². The lowest BCUT2D eigenvalue weighted by molar-refractivity contribution is 0.0899. The van der Waals surface area contributed by atoms with Crippen molar-refractivity contribution in [3.8, 4) is 0 Å². The first kappa shape index (κ1) is 15.5. The number of rotatable bonds is 3. The first-order valence-corrected chi connectivity index (χ1v) is 7.66. The number of hydrogen-bond donors (Lipinski definition) is 1. The fraction of sp³-hybridized carbons (Fsp3) is 0.647. The van der Waals surface area contributed by atoms with Crippen molar-refractivity contribution < 1.29 is 0 Å². The van der Waals surface area contributed by atoms with Crippen molar-refractivity contribution in [2.45, 2.75) is 39.2 Å². The van der Waals surface area contributed by atoms with Crippen LogP contribution in [0.4, 0.5) is 0 Å². The van der Waals surface area contributed by atoms with E-state index < -0.39 is 0 Å². The van der Waals surface area contributed by atoms with E-state index in [1.165, 1.54) is 11.1 Å². The maximum atomic E-state index is 3.62. The van der Waals surface area contributed by atoms with Crippen molar-refractivity contribution >= 4 is 0 Å². The fourth-order valence-electron chi connectivity index (χ4n) is 2.56. The molecule has 1 aliphatic heterocycles. The minimum atomic E-state index is 0.229. The number of likely N-dealkylation sites (N-methyl/N-ethyl adjacent to an activating group) is 1. The van der Waals surface area contributed by atoms with Gasteiger partial charge in [-0.05, 0) is 30.5 Å². The Hall–Kier alpha value is -0.900. The lowest BCUT2D eigenvalue weighted by Crippen LogP contribution is -2.51. The molecular formula is C17H29N3. The second kappa shape index (κ2) is 6.25. The van der Waals surface area contributed by atoms with Crippen LogP contribution in [0.15, 0.2) is 24.3 Å². The van der Waals surface area contributed by atoms with Crippen molar-refractivity contribution in [3.63, 3.8) is 0 Å². The van der Waals surface area contributed by atoms with Crippen LogP contribution in [0.1, 0.15) is 44.9 Å². The molecule has 0 spiro atoms. The third kappa shape index (κ3) is 4.05. The molecule has 1 fully saturated rings. The number of piperazine rings is 1. The highest BCUT2D eigenvalue weighted by atomic mass is 15.5. The molecule has 1 aromatic rings. The third-order valence-corrected chi connectivity index (χ3v) is 4.16. The van der Waals surface area contributed by atoms with Crippen molar-refractivity contribution in [2.75, 3.05) is 33.2 Å². The van der Waals surface area contributed by atoms with Gasteiger partial charge in [0.2, 0.25) is 0 Å². The van der Waals surface area contributed by atoms with Gasteiger partial charge in [0.25, 0.3) is 0 Å². The van der Waals surface area contributed by atoms with Crippen molar-refractivity contribution in [1.29, 1.82) is 0 Å². The number of nitrogens with one attached hydrogen (secondary N) is 1. The van der Waals surface area contributed by atoms with Gasteiger partial charge >= 0.3 is 0 Å². The molecule has 1 aromatic carbocycles. The molecular weight excluding hydrogens is 246 g/mol. The Morgan fingerprint density at radius 3 is 2.05 bits per heavy atom. The summed E-state index contributed by atoms with van der Waals surface area (Å²) in [5.74, 6) is 0. The molecule has 1 heterocycles. The maximum absolute atomic E-state index is 3.62. The van der Waals surface area contributed by atoms with Crippen molar-refractivity contribution in [3.05, 3.63) is 35.4 Å². The number of hydrogen-bond acceptors (Lipinski definition) is 3. The largest absolute Gasteiger partial charge is 0.304 e. The molecule has 1 atom stereocenters. The summed E-state index contributed by atoms with van der Waals surface area (Å²) >= 11 is 0. The molecule has 1 N–H and O–H groups in total. The third-order valence-electron chi connectivity index (χ3n) is 4.16. The molecule has 0 bridgehead atoms. The Morgan fingerprint density at radius 2 is 1.55 bits per heavy atom. The summed E-state index contributed by atoms with van der Waals surface area (Å²) in [6.45, 7) is 13.5. The molecule has 1 saturated heterocycles. The highest BCUT2D eigenvalue weighted by Gasteiger charge is 2.17. The monoisotopic (exact) mass is 275 g/mol. The first-order chi connectivity index (χ1) is 9.36. The summed E-state index contributed by atoms with van der Waals surface area (Å²) in [5, 5.41) is 2.35. The van der Waals surface area contributed by atoms with Crippen LogP contribution >= 0.6 is 0 Å². The summed E-state index contributed by atoms with van der Waals surface area (Å²) in [6, 6.07) is 9.41. The van der Waals surface area contributed by atoms with E-state index in [-0.39, 0.29) is 5.41 Å². The first-order valence-electron chi connectivity index (χ1n) is 7.66. The van der Waals surface area contributed by atoms with E-state index >= 15 is 0 Å². The summed E-state index contributed by atoms with van der Waals surface area (Å²) in [4.78, 5) is 2.38. The summed E-state index contributed by atoms with van der Waals surface area (Å²) in [7, 11) is 2.19. The Kier molecular flexibility index (Phi) is 4.84. The molecule has 0 aliphatic carbocycles. The maximum Gasteiger partial charge on any atom is 0.0436 e. The van der Waals surface area contributed by atoms with Crippen LogP contribution in [-0.4, -0.2) is 43.1 Å². The van der Waals surface area contributed by atoms with Gasteiger partial charge in [-0.15, -0.1) is 0 Å². The van der Waals surface area contributed by atoms with E-state index in [4.69, 9.17) is 0 Å². The van der Waals surface area contributed by atoms with E-state index in [1.54, 1.807) is 0 Å². The second-order valence-corrected chi connectivity index (χ2v) is 7.01. The molecule has 0 radical (unpaired) electrons. The lowest BCUT2D eigenvalue weighted by atomic mass is 9.86.